The molecule has 0 saturated heterocycles. The minimum Gasteiger partial charge on any atom is -0.462 e. The Bertz CT molecular complexity index is 1160. The second-order valence-electron chi connectivity index (χ2n) is 22.0. The van der Waals surface area contributed by atoms with Crippen LogP contribution >= 0.6 is 0 Å². The molecule has 0 saturated carbocycles. The van der Waals surface area contributed by atoms with E-state index in [0.29, 0.717) is 19.3 Å². The Balaban J connectivity index is 4.10. The van der Waals surface area contributed by atoms with E-state index in [0.717, 1.165) is 64.2 Å². The van der Waals surface area contributed by atoms with Gasteiger partial charge in [0, 0.05) is 19.3 Å². The number of rotatable bonds is 60. The van der Waals surface area contributed by atoms with E-state index >= 15 is 0 Å². The zero-order valence-corrected chi connectivity index (χ0v) is 48.7. The third-order valence-electron chi connectivity index (χ3n) is 14.7. The molecule has 0 rings (SSSR count). The van der Waals surface area contributed by atoms with Crippen LogP contribution < -0.4 is 0 Å². The zero-order chi connectivity index (χ0) is 52.2. The molecular formula is C66H124O6. The van der Waals surface area contributed by atoms with Crippen LogP contribution in [0.5, 0.6) is 0 Å². The van der Waals surface area contributed by atoms with Crippen molar-refractivity contribution < 1.29 is 28.6 Å². The lowest BCUT2D eigenvalue weighted by molar-refractivity contribution is -0.167. The van der Waals surface area contributed by atoms with Crippen molar-refractivity contribution >= 4 is 17.9 Å². The molecule has 0 spiro atoms. The molecule has 72 heavy (non-hydrogen) atoms. The molecule has 1 unspecified atom stereocenters. The van der Waals surface area contributed by atoms with Gasteiger partial charge in [-0.25, -0.2) is 0 Å². The third kappa shape index (κ3) is 58.8. The Hall–Kier alpha value is -2.11. The van der Waals surface area contributed by atoms with Crippen LogP contribution in [0.4, 0.5) is 0 Å². The van der Waals surface area contributed by atoms with Crippen LogP contribution in [0.1, 0.15) is 361 Å². The lowest BCUT2D eigenvalue weighted by Gasteiger charge is -2.18. The first-order chi connectivity index (χ1) is 35.5. The van der Waals surface area contributed by atoms with E-state index in [9.17, 15) is 14.4 Å². The average molecular weight is 1010 g/mol. The van der Waals surface area contributed by atoms with Crippen molar-refractivity contribution in [3.8, 4) is 0 Å². The van der Waals surface area contributed by atoms with E-state index in [-0.39, 0.29) is 31.1 Å². The Morgan fingerprint density at radius 3 is 0.694 bits per heavy atom. The Morgan fingerprint density at radius 2 is 0.458 bits per heavy atom. The first kappa shape index (κ1) is 69.9. The molecule has 0 amide bonds. The van der Waals surface area contributed by atoms with Crippen LogP contribution in [0.15, 0.2) is 24.3 Å². The van der Waals surface area contributed by atoms with Gasteiger partial charge in [0.25, 0.3) is 0 Å². The van der Waals surface area contributed by atoms with E-state index in [1.165, 1.54) is 257 Å². The van der Waals surface area contributed by atoms with Gasteiger partial charge in [-0.05, 0) is 70.6 Å². The highest BCUT2D eigenvalue weighted by molar-refractivity contribution is 5.71. The predicted octanol–water partition coefficient (Wildman–Crippen LogP) is 21.8. The summed E-state index contributed by atoms with van der Waals surface area (Å²) in [7, 11) is 0. The molecule has 6 nitrogen and oxygen atoms in total. The first-order valence-electron chi connectivity index (χ1n) is 32.3. The van der Waals surface area contributed by atoms with Gasteiger partial charge in [-0.15, -0.1) is 0 Å². The van der Waals surface area contributed by atoms with Gasteiger partial charge < -0.3 is 14.2 Å². The van der Waals surface area contributed by atoms with Gasteiger partial charge >= 0.3 is 17.9 Å². The summed E-state index contributed by atoms with van der Waals surface area (Å²) in [5.74, 6) is -0.855. The van der Waals surface area contributed by atoms with Crippen LogP contribution in [0.2, 0.25) is 0 Å². The standard InChI is InChI=1S/C66H124O6/c1-4-7-10-13-16-19-22-24-26-27-28-29-30-31-32-33-34-35-36-37-38-39-40-42-44-47-50-53-56-59-65(68)71-62-63(61-70-64(67)58-55-52-49-46-43-21-18-15-12-9-6-3)72-66(69)60-57-54-51-48-45-41-25-23-20-17-14-11-8-5-2/h23,25,27-28,63H,4-22,24,26,29-62H2,1-3H3/b25-23-,28-27-. The highest BCUT2D eigenvalue weighted by atomic mass is 16.6. The number of carbonyl (C=O) groups is 3. The molecule has 0 aliphatic heterocycles. The molecule has 0 N–H and O–H groups in total. The summed E-state index contributed by atoms with van der Waals surface area (Å²) in [6.45, 7) is 6.67. The number of unbranched alkanes of at least 4 members (excludes halogenated alkanes) is 45. The fourth-order valence-corrected chi connectivity index (χ4v) is 9.79. The molecule has 0 fully saturated rings. The molecule has 0 aromatic carbocycles. The number of hydrogen-bond donors (Lipinski definition) is 0. The predicted molar refractivity (Wildman–Crippen MR) is 312 cm³/mol. The first-order valence-corrected chi connectivity index (χ1v) is 32.3. The molecule has 0 aromatic heterocycles. The maximum atomic E-state index is 12.8. The topological polar surface area (TPSA) is 78.9 Å². The van der Waals surface area contributed by atoms with E-state index in [4.69, 9.17) is 14.2 Å². The largest absolute Gasteiger partial charge is 0.462 e. The number of esters is 3. The van der Waals surface area contributed by atoms with Gasteiger partial charge in [0.2, 0.25) is 0 Å². The summed E-state index contributed by atoms with van der Waals surface area (Å²) < 4.78 is 16.9. The van der Waals surface area contributed by atoms with Crippen molar-refractivity contribution in [2.45, 2.75) is 367 Å². The highest BCUT2D eigenvalue weighted by Crippen LogP contribution is 2.18. The summed E-state index contributed by atoms with van der Waals surface area (Å²) in [4.78, 5) is 38.2. The fourth-order valence-electron chi connectivity index (χ4n) is 9.79. The zero-order valence-electron chi connectivity index (χ0n) is 48.7. The smallest absolute Gasteiger partial charge is 0.306 e. The van der Waals surface area contributed by atoms with Crippen LogP contribution in [-0.4, -0.2) is 37.2 Å². The van der Waals surface area contributed by atoms with Crippen molar-refractivity contribution in [2.75, 3.05) is 13.2 Å². The van der Waals surface area contributed by atoms with Gasteiger partial charge in [0.15, 0.2) is 6.10 Å². The maximum absolute atomic E-state index is 12.8. The van der Waals surface area contributed by atoms with Gasteiger partial charge in [-0.3, -0.25) is 14.4 Å². The Labute approximate surface area is 449 Å². The van der Waals surface area contributed by atoms with Crippen LogP contribution in [0.25, 0.3) is 0 Å². The van der Waals surface area contributed by atoms with Crippen molar-refractivity contribution in [3.63, 3.8) is 0 Å². The van der Waals surface area contributed by atoms with Crippen molar-refractivity contribution in [2.24, 2.45) is 0 Å². The summed E-state index contributed by atoms with van der Waals surface area (Å²) in [5, 5.41) is 0. The molecule has 0 heterocycles. The maximum Gasteiger partial charge on any atom is 0.306 e. The highest BCUT2D eigenvalue weighted by Gasteiger charge is 2.19. The normalized spacial score (nSPS) is 12.1. The van der Waals surface area contributed by atoms with Crippen LogP contribution in [0, 0.1) is 0 Å². The molecule has 6 heteroatoms. The Morgan fingerprint density at radius 1 is 0.264 bits per heavy atom. The lowest BCUT2D eigenvalue weighted by atomic mass is 10.0. The van der Waals surface area contributed by atoms with E-state index < -0.39 is 6.10 Å². The summed E-state index contributed by atoms with van der Waals surface area (Å²) >= 11 is 0. The van der Waals surface area contributed by atoms with Crippen LogP contribution in [-0.2, 0) is 28.6 Å². The molecule has 0 bridgehead atoms. The van der Waals surface area contributed by atoms with Gasteiger partial charge in [0.1, 0.15) is 13.2 Å². The van der Waals surface area contributed by atoms with Crippen molar-refractivity contribution in [1.29, 1.82) is 0 Å². The number of ether oxygens (including phenoxy) is 3. The van der Waals surface area contributed by atoms with E-state index in [1.807, 2.05) is 0 Å². The summed E-state index contributed by atoms with van der Waals surface area (Å²) in [5.41, 5.74) is 0. The van der Waals surface area contributed by atoms with Gasteiger partial charge in [-0.2, -0.15) is 0 Å². The third-order valence-corrected chi connectivity index (χ3v) is 14.7. The average Bonchev–Trinajstić information content (AvgIpc) is 3.38. The van der Waals surface area contributed by atoms with E-state index in [1.54, 1.807) is 0 Å². The minimum atomic E-state index is -0.770. The molecule has 0 aliphatic rings. The molecule has 0 aliphatic carbocycles. The molecule has 1 atom stereocenters. The van der Waals surface area contributed by atoms with Crippen LogP contribution in [0.3, 0.4) is 0 Å². The quantitative estimate of drug-likeness (QED) is 0.0261. The summed E-state index contributed by atoms with van der Waals surface area (Å²) in [6.07, 6.45) is 73.5. The molecule has 0 aromatic rings. The van der Waals surface area contributed by atoms with Crippen molar-refractivity contribution in [1.82, 2.24) is 0 Å². The van der Waals surface area contributed by atoms with Crippen molar-refractivity contribution in [3.05, 3.63) is 24.3 Å². The number of carbonyl (C=O) groups excluding carboxylic acids is 3. The number of hydrogen-bond acceptors (Lipinski definition) is 6. The Kier molecular flexibility index (Phi) is 59.6. The molecular weight excluding hydrogens is 889 g/mol. The number of allylic oxidation sites excluding steroid dienone is 4. The van der Waals surface area contributed by atoms with E-state index in [2.05, 4.69) is 45.1 Å². The second-order valence-corrected chi connectivity index (χ2v) is 22.0. The second kappa shape index (κ2) is 61.4. The SMILES string of the molecule is CCCCCCC/C=C\CCCCCCCC(=O)OC(COC(=O)CCCCCCCCCCCCC)COC(=O)CCCCCCCCCCCCCCCCCCC/C=C\CCCCCCCCCC. The summed E-state index contributed by atoms with van der Waals surface area (Å²) in [6, 6.07) is 0. The molecule has 0 radical (unpaired) electrons. The molecule has 424 valence electrons. The minimum absolute atomic E-state index is 0.0692. The monoisotopic (exact) mass is 1010 g/mol. The fraction of sp³-hybridized carbons (Fsp3) is 0.894. The van der Waals surface area contributed by atoms with Gasteiger partial charge in [0.05, 0.1) is 0 Å². The lowest BCUT2D eigenvalue weighted by Crippen LogP contribution is -2.30. The van der Waals surface area contributed by atoms with Gasteiger partial charge in [-0.1, -0.05) is 295 Å².